The molecule has 0 bridgehead atoms. The Hall–Kier alpha value is -3.17. The number of halogens is 1. The number of ether oxygens (including phenoxy) is 1. The van der Waals surface area contributed by atoms with Gasteiger partial charge in [0, 0.05) is 18.2 Å². The number of nitrogens with zero attached hydrogens (tertiary/aromatic N) is 2. The third kappa shape index (κ3) is 4.95. The second-order valence-electron chi connectivity index (χ2n) is 9.37. The fourth-order valence-electron chi connectivity index (χ4n) is 4.37. The fraction of sp³-hybridized carbons (Fsp3) is 0.524. The van der Waals surface area contributed by atoms with Crippen LogP contribution < -0.4 is 16.0 Å². The van der Waals surface area contributed by atoms with Gasteiger partial charge in [0.25, 0.3) is 5.91 Å². The maximum Gasteiger partial charge on any atom is 0.407 e. The SMILES string of the molecule is CC(C)(C)OC(=O)NC1CC2(C1)CC(Nc1nc(F)ccc1C(=O)Nc1ccon1)C2. The summed E-state index contributed by atoms with van der Waals surface area (Å²) in [5.41, 5.74) is -0.135. The van der Waals surface area contributed by atoms with Crippen molar-refractivity contribution in [2.24, 2.45) is 5.41 Å². The van der Waals surface area contributed by atoms with E-state index in [0.29, 0.717) is 0 Å². The number of nitrogens with one attached hydrogen (secondary N) is 3. The molecule has 2 saturated carbocycles. The van der Waals surface area contributed by atoms with Crippen LogP contribution in [0.3, 0.4) is 0 Å². The molecule has 9 nitrogen and oxygen atoms in total. The van der Waals surface area contributed by atoms with Crippen LogP contribution in [0.5, 0.6) is 0 Å². The Kier molecular flexibility index (Phi) is 5.32. The molecule has 0 aromatic carbocycles. The maximum atomic E-state index is 13.7. The number of anilines is 2. The van der Waals surface area contributed by atoms with E-state index in [0.717, 1.165) is 31.7 Å². The average Bonchev–Trinajstić information content (AvgIpc) is 3.09. The first-order valence-corrected chi connectivity index (χ1v) is 10.3. The molecule has 31 heavy (non-hydrogen) atoms. The van der Waals surface area contributed by atoms with Gasteiger partial charge in [-0.3, -0.25) is 4.79 Å². The second kappa shape index (κ2) is 7.82. The number of alkyl carbamates (subject to hydrolysis) is 1. The highest BCUT2D eigenvalue weighted by Crippen LogP contribution is 2.56. The predicted octanol–water partition coefficient (Wildman–Crippen LogP) is 3.71. The molecule has 2 aromatic heterocycles. The molecule has 0 aliphatic heterocycles. The highest BCUT2D eigenvalue weighted by atomic mass is 19.1. The van der Waals surface area contributed by atoms with Crippen molar-refractivity contribution >= 4 is 23.6 Å². The average molecular weight is 431 g/mol. The summed E-state index contributed by atoms with van der Waals surface area (Å²) in [6.45, 7) is 5.49. The predicted molar refractivity (Wildman–Crippen MR) is 110 cm³/mol. The molecule has 2 heterocycles. The lowest BCUT2D eigenvalue weighted by molar-refractivity contribution is -0.0179. The van der Waals surface area contributed by atoms with Crippen molar-refractivity contribution in [3.05, 3.63) is 36.0 Å². The lowest BCUT2D eigenvalue weighted by Crippen LogP contribution is -2.59. The normalized spacial score (nSPS) is 24.6. The van der Waals surface area contributed by atoms with Crippen LogP contribution in [0.4, 0.5) is 20.8 Å². The number of rotatable bonds is 5. The molecule has 4 rings (SSSR count). The number of pyridine rings is 1. The molecule has 10 heteroatoms. The third-order valence-electron chi connectivity index (χ3n) is 5.56. The van der Waals surface area contributed by atoms with Gasteiger partial charge in [-0.25, -0.2) is 9.78 Å². The Morgan fingerprint density at radius 2 is 1.87 bits per heavy atom. The van der Waals surface area contributed by atoms with Crippen molar-refractivity contribution in [2.75, 3.05) is 10.6 Å². The minimum absolute atomic E-state index is 0.0791. The van der Waals surface area contributed by atoms with Gasteiger partial charge in [-0.05, 0) is 64.0 Å². The van der Waals surface area contributed by atoms with Gasteiger partial charge in [0.2, 0.25) is 5.95 Å². The molecule has 1 spiro atoms. The van der Waals surface area contributed by atoms with Crippen LogP contribution >= 0.6 is 0 Å². The van der Waals surface area contributed by atoms with Crippen LogP contribution in [0.2, 0.25) is 0 Å². The van der Waals surface area contributed by atoms with Gasteiger partial charge in [-0.2, -0.15) is 4.39 Å². The van der Waals surface area contributed by atoms with Crippen LogP contribution in [0.15, 0.2) is 29.0 Å². The topological polar surface area (TPSA) is 118 Å². The molecule has 2 aliphatic carbocycles. The Bertz CT molecular complexity index is 959. The minimum atomic E-state index is -0.667. The quantitative estimate of drug-likeness (QED) is 0.618. The second-order valence-corrected chi connectivity index (χ2v) is 9.37. The van der Waals surface area contributed by atoms with E-state index < -0.39 is 23.5 Å². The zero-order chi connectivity index (χ0) is 22.2. The molecular formula is C21H26FN5O4. The number of aromatic nitrogens is 2. The molecule has 0 atom stereocenters. The fourth-order valence-corrected chi connectivity index (χ4v) is 4.37. The Labute approximate surface area is 179 Å². The van der Waals surface area contributed by atoms with Gasteiger partial charge >= 0.3 is 6.09 Å². The maximum absolute atomic E-state index is 13.7. The van der Waals surface area contributed by atoms with E-state index in [1.807, 2.05) is 20.8 Å². The van der Waals surface area contributed by atoms with E-state index in [4.69, 9.17) is 9.26 Å². The first-order valence-electron chi connectivity index (χ1n) is 10.3. The molecule has 2 fully saturated rings. The third-order valence-corrected chi connectivity index (χ3v) is 5.56. The van der Waals surface area contributed by atoms with Gasteiger partial charge in [0.05, 0.1) is 5.56 Å². The van der Waals surface area contributed by atoms with Crippen molar-refractivity contribution in [3.63, 3.8) is 0 Å². The number of carbonyl (C=O) groups excluding carboxylic acids is 2. The van der Waals surface area contributed by atoms with Crippen LogP contribution in [0.1, 0.15) is 56.8 Å². The minimum Gasteiger partial charge on any atom is -0.444 e. The van der Waals surface area contributed by atoms with Gasteiger partial charge < -0.3 is 25.2 Å². The molecule has 0 radical (unpaired) electrons. The Morgan fingerprint density at radius 3 is 2.52 bits per heavy atom. The monoisotopic (exact) mass is 431 g/mol. The lowest BCUT2D eigenvalue weighted by Gasteiger charge is -2.57. The van der Waals surface area contributed by atoms with Gasteiger partial charge in [0.1, 0.15) is 17.7 Å². The molecule has 0 unspecified atom stereocenters. The Balaban J connectivity index is 1.30. The summed E-state index contributed by atoms with van der Waals surface area (Å²) in [5.74, 6) is -0.660. The first-order chi connectivity index (χ1) is 14.6. The van der Waals surface area contributed by atoms with E-state index in [1.54, 1.807) is 0 Å². The van der Waals surface area contributed by atoms with Crippen molar-refractivity contribution in [1.82, 2.24) is 15.5 Å². The van der Waals surface area contributed by atoms with Crippen molar-refractivity contribution in [1.29, 1.82) is 0 Å². The molecule has 166 valence electrons. The first kappa shape index (κ1) is 21.1. The van der Waals surface area contributed by atoms with Crippen LogP contribution in [-0.4, -0.2) is 39.8 Å². The molecule has 2 aliphatic rings. The van der Waals surface area contributed by atoms with E-state index in [1.165, 1.54) is 18.4 Å². The smallest absolute Gasteiger partial charge is 0.407 e. The van der Waals surface area contributed by atoms with Crippen LogP contribution in [0.25, 0.3) is 0 Å². The standard InChI is InChI=1S/C21H26FN5O4/c1-20(2,3)31-19(29)24-13-10-21(11-13)8-12(9-21)23-17-14(4-5-15(22)25-17)18(28)26-16-6-7-30-27-16/h4-7,12-13H,8-11H2,1-3H3,(H,23,25)(H,24,29)(H,26,27,28). The van der Waals surface area contributed by atoms with Gasteiger partial charge in [-0.1, -0.05) is 5.16 Å². The van der Waals surface area contributed by atoms with Crippen LogP contribution in [0, 0.1) is 11.4 Å². The highest BCUT2D eigenvalue weighted by Gasteiger charge is 2.53. The summed E-state index contributed by atoms with van der Waals surface area (Å²) in [6, 6.07) is 4.22. The molecule has 0 saturated heterocycles. The van der Waals surface area contributed by atoms with Gasteiger partial charge in [0.15, 0.2) is 5.82 Å². The summed E-state index contributed by atoms with van der Waals surface area (Å²) in [4.78, 5) is 28.3. The molecular weight excluding hydrogens is 405 g/mol. The summed E-state index contributed by atoms with van der Waals surface area (Å²) < 4.78 is 23.7. The summed E-state index contributed by atoms with van der Waals surface area (Å²) >= 11 is 0. The molecule has 2 amide bonds. The highest BCUT2D eigenvalue weighted by molar-refractivity contribution is 6.07. The zero-order valence-corrected chi connectivity index (χ0v) is 17.7. The van der Waals surface area contributed by atoms with E-state index in [-0.39, 0.29) is 34.7 Å². The van der Waals surface area contributed by atoms with E-state index >= 15 is 0 Å². The zero-order valence-electron chi connectivity index (χ0n) is 17.7. The van der Waals surface area contributed by atoms with Gasteiger partial charge in [-0.15, -0.1) is 0 Å². The van der Waals surface area contributed by atoms with Crippen molar-refractivity contribution < 1.29 is 23.2 Å². The van der Waals surface area contributed by atoms with E-state index in [9.17, 15) is 14.0 Å². The number of hydrogen-bond acceptors (Lipinski definition) is 7. The molecule has 3 N–H and O–H groups in total. The Morgan fingerprint density at radius 1 is 1.16 bits per heavy atom. The van der Waals surface area contributed by atoms with Crippen molar-refractivity contribution in [2.45, 2.75) is 64.1 Å². The lowest BCUT2D eigenvalue weighted by atomic mass is 9.52. The van der Waals surface area contributed by atoms with Crippen molar-refractivity contribution in [3.8, 4) is 0 Å². The number of carbonyl (C=O) groups is 2. The van der Waals surface area contributed by atoms with Crippen LogP contribution in [-0.2, 0) is 4.74 Å². The number of amides is 2. The number of hydrogen-bond donors (Lipinski definition) is 3. The largest absolute Gasteiger partial charge is 0.444 e. The summed E-state index contributed by atoms with van der Waals surface area (Å²) in [5, 5.41) is 12.3. The summed E-state index contributed by atoms with van der Waals surface area (Å²) in [7, 11) is 0. The van der Waals surface area contributed by atoms with E-state index in [2.05, 4.69) is 26.1 Å². The molecule has 2 aromatic rings. The summed E-state index contributed by atoms with van der Waals surface area (Å²) in [6.07, 6.45) is 4.42.